The predicted molar refractivity (Wildman–Crippen MR) is 55.9 cm³/mol. The Morgan fingerprint density at radius 2 is 1.94 bits per heavy atom. The van der Waals surface area contributed by atoms with Crippen molar-refractivity contribution < 1.29 is 34.6 Å². The number of aliphatic hydroxyl groups is 2. The van der Waals surface area contributed by atoms with Gasteiger partial charge in [0.25, 0.3) is 0 Å². The van der Waals surface area contributed by atoms with E-state index in [1.807, 2.05) is 17.8 Å². The molecule has 8 heteroatoms. The zero-order valence-corrected chi connectivity index (χ0v) is 10.1. The van der Waals surface area contributed by atoms with Crippen molar-refractivity contribution in [1.29, 1.82) is 0 Å². The van der Waals surface area contributed by atoms with Crippen LogP contribution in [0.3, 0.4) is 0 Å². The first-order valence-electron chi connectivity index (χ1n) is 5.10. The fourth-order valence-electron chi connectivity index (χ4n) is 0.953. The fourth-order valence-corrected chi connectivity index (χ4v) is 0.953. The molecule has 0 bridgehead atoms. The van der Waals surface area contributed by atoms with Gasteiger partial charge in [0.1, 0.15) is 18.5 Å². The van der Waals surface area contributed by atoms with E-state index in [0.29, 0.717) is 0 Å². The van der Waals surface area contributed by atoms with Crippen LogP contribution in [0.4, 0.5) is 0 Å². The summed E-state index contributed by atoms with van der Waals surface area (Å²) in [4.78, 5) is 19.4. The van der Waals surface area contributed by atoms with Gasteiger partial charge in [-0.25, -0.2) is 13.9 Å². The molecule has 3 N–H and O–H groups in total. The molecular formula is C10H16N2O6. The standard InChI is InChI=1S/C6H11N2.C4H6O6/c1-3-8-5-4-7(2)6-8;5-1(3(7)8)2(6)4(9)10/h4-6H,3H2,1-2H3;1-2,5-6H,(H,7,8)(H,9,10)/q+1;/p-1/t;1-,2-/m.1/s1. The van der Waals surface area contributed by atoms with Crippen molar-refractivity contribution in [3.8, 4) is 0 Å². The SMILES string of the molecule is CCn1cc[n+](C)c1.O=C([O-])[C@H](O)[C@@H](O)C(=O)O. The average Bonchev–Trinajstić information content (AvgIpc) is 2.73. The largest absolute Gasteiger partial charge is 0.547 e. The van der Waals surface area contributed by atoms with E-state index < -0.39 is 24.1 Å². The van der Waals surface area contributed by atoms with Crippen LogP contribution in [0, 0.1) is 0 Å². The Morgan fingerprint density at radius 3 is 2.11 bits per heavy atom. The molecule has 0 unspecified atom stereocenters. The maximum absolute atomic E-state index is 9.74. The minimum absolute atomic E-state index is 1.06. The summed E-state index contributed by atoms with van der Waals surface area (Å²) in [6.07, 6.45) is 1.44. The number of carbonyl (C=O) groups excluding carboxylic acids is 1. The fraction of sp³-hybridized carbons (Fsp3) is 0.500. The molecule has 0 aliphatic heterocycles. The van der Waals surface area contributed by atoms with Crippen LogP contribution >= 0.6 is 0 Å². The minimum atomic E-state index is -2.38. The zero-order valence-electron chi connectivity index (χ0n) is 10.1. The number of imidazole rings is 1. The highest BCUT2D eigenvalue weighted by molar-refractivity contribution is 5.81. The van der Waals surface area contributed by atoms with Crippen LogP contribution in [0.5, 0.6) is 0 Å². The lowest BCUT2D eigenvalue weighted by Gasteiger charge is -2.13. The van der Waals surface area contributed by atoms with Gasteiger partial charge >= 0.3 is 5.97 Å². The molecule has 8 nitrogen and oxygen atoms in total. The van der Waals surface area contributed by atoms with Gasteiger partial charge in [-0.3, -0.25) is 0 Å². The summed E-state index contributed by atoms with van der Waals surface area (Å²) >= 11 is 0. The van der Waals surface area contributed by atoms with Crippen molar-refractivity contribution in [1.82, 2.24) is 4.57 Å². The van der Waals surface area contributed by atoms with E-state index in [2.05, 4.69) is 24.0 Å². The summed E-state index contributed by atoms with van der Waals surface area (Å²) in [5, 5.41) is 34.1. The van der Waals surface area contributed by atoms with Crippen molar-refractivity contribution in [2.45, 2.75) is 25.7 Å². The number of nitrogens with zero attached hydrogens (tertiary/aromatic N) is 2. The lowest BCUT2D eigenvalue weighted by molar-refractivity contribution is -0.671. The van der Waals surface area contributed by atoms with Gasteiger partial charge in [-0.05, 0) is 6.92 Å². The molecular weight excluding hydrogens is 244 g/mol. The third kappa shape index (κ3) is 5.41. The first-order chi connectivity index (χ1) is 8.29. The lowest BCUT2D eigenvalue weighted by Crippen LogP contribution is -2.46. The van der Waals surface area contributed by atoms with Gasteiger partial charge < -0.3 is 25.2 Å². The van der Waals surface area contributed by atoms with E-state index in [1.54, 1.807) is 0 Å². The highest BCUT2D eigenvalue weighted by Crippen LogP contribution is 1.90. The highest BCUT2D eigenvalue weighted by Gasteiger charge is 2.23. The number of carboxylic acid groups (broad SMARTS) is 2. The molecule has 2 atom stereocenters. The highest BCUT2D eigenvalue weighted by atomic mass is 16.4. The Balaban J connectivity index is 0.000000327. The second-order valence-corrected chi connectivity index (χ2v) is 3.46. The quantitative estimate of drug-likeness (QED) is 0.491. The molecule has 1 rings (SSSR count). The van der Waals surface area contributed by atoms with Crippen LogP contribution in [-0.2, 0) is 23.2 Å². The molecule has 0 saturated heterocycles. The van der Waals surface area contributed by atoms with E-state index in [4.69, 9.17) is 15.3 Å². The first-order valence-corrected chi connectivity index (χ1v) is 5.10. The van der Waals surface area contributed by atoms with Crippen LogP contribution < -0.4 is 9.67 Å². The molecule has 0 amide bonds. The van der Waals surface area contributed by atoms with Gasteiger partial charge in [0.05, 0.1) is 19.6 Å². The number of aryl methyl sites for hydroxylation is 2. The molecule has 0 aliphatic rings. The molecule has 0 radical (unpaired) electrons. The van der Waals surface area contributed by atoms with Crippen LogP contribution in [-0.4, -0.2) is 44.0 Å². The van der Waals surface area contributed by atoms with Crippen molar-refractivity contribution >= 4 is 11.9 Å². The number of carboxylic acids is 2. The second kappa shape index (κ2) is 7.41. The molecule has 0 spiro atoms. The molecule has 102 valence electrons. The summed E-state index contributed by atoms with van der Waals surface area (Å²) in [6, 6.07) is 0. The Labute approximate surface area is 103 Å². The van der Waals surface area contributed by atoms with E-state index >= 15 is 0 Å². The third-order valence-corrected chi connectivity index (χ3v) is 1.98. The number of aliphatic hydroxyl groups excluding tert-OH is 2. The van der Waals surface area contributed by atoms with E-state index in [-0.39, 0.29) is 0 Å². The monoisotopic (exact) mass is 260 g/mol. The number of hydrogen-bond acceptors (Lipinski definition) is 5. The number of aliphatic carboxylic acids is 2. The Kier molecular flexibility index (Phi) is 6.61. The van der Waals surface area contributed by atoms with Gasteiger partial charge in [-0.2, -0.15) is 0 Å². The molecule has 1 heterocycles. The van der Waals surface area contributed by atoms with Crippen LogP contribution in [0.25, 0.3) is 0 Å². The van der Waals surface area contributed by atoms with E-state index in [9.17, 15) is 14.7 Å². The van der Waals surface area contributed by atoms with Crippen molar-refractivity contribution in [2.24, 2.45) is 7.05 Å². The minimum Gasteiger partial charge on any atom is -0.547 e. The number of hydrogen-bond donors (Lipinski definition) is 3. The van der Waals surface area contributed by atoms with Gasteiger partial charge in [0.15, 0.2) is 6.10 Å². The van der Waals surface area contributed by atoms with Crippen LogP contribution in [0.15, 0.2) is 18.7 Å². The van der Waals surface area contributed by atoms with Crippen LogP contribution in [0.1, 0.15) is 6.92 Å². The normalized spacial score (nSPS) is 13.1. The Morgan fingerprint density at radius 1 is 1.39 bits per heavy atom. The average molecular weight is 260 g/mol. The van der Waals surface area contributed by atoms with Crippen LogP contribution in [0.2, 0.25) is 0 Å². The zero-order chi connectivity index (χ0) is 14.3. The lowest BCUT2D eigenvalue weighted by atomic mass is 10.2. The summed E-state index contributed by atoms with van der Waals surface area (Å²) in [7, 11) is 2.02. The summed E-state index contributed by atoms with van der Waals surface area (Å²) in [5.74, 6) is -3.83. The summed E-state index contributed by atoms with van der Waals surface area (Å²) in [6.45, 7) is 3.18. The van der Waals surface area contributed by atoms with Gasteiger partial charge in [-0.1, -0.05) is 0 Å². The molecule has 0 saturated carbocycles. The Hall–Kier alpha value is -1.93. The molecule has 0 aromatic carbocycles. The smallest absolute Gasteiger partial charge is 0.335 e. The van der Waals surface area contributed by atoms with Crippen molar-refractivity contribution in [3.05, 3.63) is 18.7 Å². The second-order valence-electron chi connectivity index (χ2n) is 3.46. The molecule has 1 aromatic rings. The van der Waals surface area contributed by atoms with Gasteiger partial charge in [-0.15, -0.1) is 0 Å². The van der Waals surface area contributed by atoms with Crippen molar-refractivity contribution in [3.63, 3.8) is 0 Å². The summed E-state index contributed by atoms with van der Waals surface area (Å²) < 4.78 is 4.16. The number of carbonyl (C=O) groups is 2. The van der Waals surface area contributed by atoms with Gasteiger partial charge in [0, 0.05) is 0 Å². The third-order valence-electron chi connectivity index (χ3n) is 1.98. The predicted octanol–water partition coefficient (Wildman–Crippen LogP) is -3.12. The first kappa shape index (κ1) is 16.1. The Bertz CT molecular complexity index is 385. The molecule has 18 heavy (non-hydrogen) atoms. The van der Waals surface area contributed by atoms with Gasteiger partial charge in [0.2, 0.25) is 6.33 Å². The maximum Gasteiger partial charge on any atom is 0.335 e. The van der Waals surface area contributed by atoms with Crippen molar-refractivity contribution in [2.75, 3.05) is 0 Å². The number of rotatable bonds is 4. The molecule has 0 fully saturated rings. The number of aromatic nitrogens is 2. The van der Waals surface area contributed by atoms with E-state index in [0.717, 1.165) is 6.54 Å². The molecule has 0 aliphatic carbocycles. The molecule has 1 aromatic heterocycles. The van der Waals surface area contributed by atoms with E-state index in [1.165, 1.54) is 0 Å². The summed E-state index contributed by atoms with van der Waals surface area (Å²) in [5.41, 5.74) is 0. The topological polar surface area (TPSA) is 127 Å². The maximum atomic E-state index is 9.74.